The van der Waals surface area contributed by atoms with E-state index in [0.717, 1.165) is 22.3 Å². The zero-order valence-corrected chi connectivity index (χ0v) is 21.5. The van der Waals surface area contributed by atoms with E-state index in [4.69, 9.17) is 14.3 Å². The van der Waals surface area contributed by atoms with Crippen molar-refractivity contribution < 1.29 is 38.3 Å². The molecule has 1 aliphatic heterocycles. The molecule has 4 rings (SSSR count). The highest BCUT2D eigenvalue weighted by molar-refractivity contribution is 6.01. The minimum atomic E-state index is -1.22. The summed E-state index contributed by atoms with van der Waals surface area (Å²) in [5.41, 5.74) is 3.40. The van der Waals surface area contributed by atoms with E-state index in [1.54, 1.807) is 20.8 Å². The molecule has 1 saturated heterocycles. The monoisotopic (exact) mass is 522 g/mol. The lowest BCUT2D eigenvalue weighted by Crippen LogP contribution is -2.45. The summed E-state index contributed by atoms with van der Waals surface area (Å²) >= 11 is 0. The molecule has 3 amide bonds. The van der Waals surface area contributed by atoms with Crippen molar-refractivity contribution in [3.05, 3.63) is 59.7 Å². The lowest BCUT2D eigenvalue weighted by Gasteiger charge is -2.24. The molecule has 0 spiro atoms. The zero-order valence-electron chi connectivity index (χ0n) is 21.5. The van der Waals surface area contributed by atoms with Crippen molar-refractivity contribution in [1.82, 2.24) is 10.4 Å². The molecule has 0 bridgehead atoms. The van der Waals surface area contributed by atoms with Gasteiger partial charge in [-0.3, -0.25) is 9.59 Å². The van der Waals surface area contributed by atoms with Crippen LogP contribution in [0.5, 0.6) is 0 Å². The van der Waals surface area contributed by atoms with E-state index < -0.39 is 41.5 Å². The molecule has 1 heterocycles. The van der Waals surface area contributed by atoms with E-state index in [1.165, 1.54) is 0 Å². The first-order valence-electron chi connectivity index (χ1n) is 12.4. The molecule has 0 unspecified atom stereocenters. The Morgan fingerprint density at radius 1 is 0.947 bits per heavy atom. The number of fused-ring (bicyclic) bond motifs is 3. The lowest BCUT2D eigenvalue weighted by molar-refractivity contribution is -0.197. The zero-order chi connectivity index (χ0) is 27.4. The Morgan fingerprint density at radius 2 is 1.50 bits per heavy atom. The second-order valence-corrected chi connectivity index (χ2v) is 10.1. The summed E-state index contributed by atoms with van der Waals surface area (Å²) in [4.78, 5) is 66.0. The quantitative estimate of drug-likeness (QED) is 0.411. The molecular formula is C28H30N2O8. The Labute approximate surface area is 220 Å². The van der Waals surface area contributed by atoms with Gasteiger partial charge in [-0.15, -0.1) is 5.06 Å². The highest BCUT2D eigenvalue weighted by Gasteiger charge is 2.34. The largest absolute Gasteiger partial charge is 0.458 e. The van der Waals surface area contributed by atoms with Gasteiger partial charge < -0.3 is 19.6 Å². The summed E-state index contributed by atoms with van der Waals surface area (Å²) in [6.07, 6.45) is -1.45. The first kappa shape index (κ1) is 26.8. The lowest BCUT2D eigenvalue weighted by atomic mass is 9.98. The summed E-state index contributed by atoms with van der Waals surface area (Å²) in [5.74, 6) is -3.03. The highest BCUT2D eigenvalue weighted by atomic mass is 16.7. The number of alkyl carbamates (subject to hydrolysis) is 1. The van der Waals surface area contributed by atoms with Gasteiger partial charge >= 0.3 is 18.0 Å². The molecular weight excluding hydrogens is 492 g/mol. The van der Waals surface area contributed by atoms with E-state index in [2.05, 4.69) is 5.32 Å². The van der Waals surface area contributed by atoms with Crippen LogP contribution in [0, 0.1) is 0 Å². The maximum absolute atomic E-state index is 12.8. The van der Waals surface area contributed by atoms with Crippen molar-refractivity contribution in [2.75, 3.05) is 6.61 Å². The first-order chi connectivity index (χ1) is 18.0. The number of hydroxylamine groups is 2. The van der Waals surface area contributed by atoms with Crippen LogP contribution in [-0.2, 0) is 33.5 Å². The van der Waals surface area contributed by atoms with Crippen LogP contribution in [0.2, 0.25) is 0 Å². The molecule has 1 atom stereocenters. The Balaban J connectivity index is 1.39. The number of carbonyl (C=O) groups excluding carboxylic acids is 5. The van der Waals surface area contributed by atoms with Crippen LogP contribution in [0.3, 0.4) is 0 Å². The summed E-state index contributed by atoms with van der Waals surface area (Å²) in [6.45, 7) is 5.07. The third kappa shape index (κ3) is 6.19. The average molecular weight is 523 g/mol. The maximum Gasteiger partial charge on any atom is 0.407 e. The number of carbonyl (C=O) groups is 5. The second kappa shape index (κ2) is 11.0. The van der Waals surface area contributed by atoms with Crippen LogP contribution >= 0.6 is 0 Å². The van der Waals surface area contributed by atoms with Crippen molar-refractivity contribution in [3.63, 3.8) is 0 Å². The molecule has 1 aliphatic carbocycles. The number of hydrogen-bond acceptors (Lipinski definition) is 8. The van der Waals surface area contributed by atoms with Gasteiger partial charge in [0.2, 0.25) is 0 Å². The van der Waals surface area contributed by atoms with Crippen molar-refractivity contribution in [2.45, 2.75) is 64.0 Å². The highest BCUT2D eigenvalue weighted by Crippen LogP contribution is 2.44. The van der Waals surface area contributed by atoms with Gasteiger partial charge in [-0.1, -0.05) is 48.5 Å². The van der Waals surface area contributed by atoms with Gasteiger partial charge in [-0.2, -0.15) is 0 Å². The van der Waals surface area contributed by atoms with Gasteiger partial charge in [0.25, 0.3) is 11.8 Å². The number of esters is 1. The fraction of sp³-hybridized carbons (Fsp3) is 0.393. The first-order valence-corrected chi connectivity index (χ1v) is 12.4. The van der Waals surface area contributed by atoms with Crippen LogP contribution in [0.15, 0.2) is 48.5 Å². The van der Waals surface area contributed by atoms with Crippen LogP contribution < -0.4 is 5.32 Å². The molecule has 1 N–H and O–H groups in total. The molecule has 0 aromatic heterocycles. The minimum Gasteiger partial charge on any atom is -0.458 e. The molecule has 2 aromatic rings. The van der Waals surface area contributed by atoms with Crippen LogP contribution in [0.25, 0.3) is 11.1 Å². The standard InChI is InChI=1S/C28H30N2O8/c1-28(2,3)37-26(34)22(12-15-25(33)38-30-23(31)13-14-24(30)32)29-27(35)36-16-21-19-10-6-4-8-17(19)18-9-5-7-11-20(18)21/h4-11,21-22H,12-16H2,1-3H3,(H,29,35)/t22-/m0/s1. The number of imide groups is 1. The second-order valence-electron chi connectivity index (χ2n) is 10.1. The number of benzene rings is 2. The molecule has 10 nitrogen and oxygen atoms in total. The third-order valence-corrected chi connectivity index (χ3v) is 6.16. The molecule has 38 heavy (non-hydrogen) atoms. The molecule has 2 aromatic carbocycles. The normalized spacial score (nSPS) is 15.5. The number of amides is 3. The van der Waals surface area contributed by atoms with Crippen molar-refractivity contribution in [2.24, 2.45) is 0 Å². The van der Waals surface area contributed by atoms with Crippen LogP contribution in [0.4, 0.5) is 4.79 Å². The van der Waals surface area contributed by atoms with Crippen LogP contribution in [-0.4, -0.2) is 53.2 Å². The number of nitrogens with one attached hydrogen (secondary N) is 1. The summed E-state index contributed by atoms with van der Waals surface area (Å²) in [6, 6.07) is 14.6. The number of hydrogen-bond donors (Lipinski definition) is 1. The van der Waals surface area contributed by atoms with Gasteiger partial charge in [0.15, 0.2) is 0 Å². The molecule has 200 valence electrons. The Morgan fingerprint density at radius 3 is 2.05 bits per heavy atom. The molecule has 10 heteroatoms. The summed E-state index contributed by atoms with van der Waals surface area (Å²) in [5, 5.41) is 2.92. The van der Waals surface area contributed by atoms with Crippen molar-refractivity contribution in [3.8, 4) is 11.1 Å². The minimum absolute atomic E-state index is 0.0318. The van der Waals surface area contributed by atoms with E-state index in [1.807, 2.05) is 48.5 Å². The predicted molar refractivity (Wildman–Crippen MR) is 134 cm³/mol. The Hall–Kier alpha value is -4.21. The van der Waals surface area contributed by atoms with E-state index in [0.29, 0.717) is 5.06 Å². The van der Waals surface area contributed by atoms with Crippen LogP contribution in [0.1, 0.15) is 63.5 Å². The van der Waals surface area contributed by atoms with E-state index in [-0.39, 0.29) is 38.2 Å². The predicted octanol–water partition coefficient (Wildman–Crippen LogP) is 3.62. The molecule has 2 aliphatic rings. The molecule has 0 saturated carbocycles. The number of nitrogens with zero attached hydrogens (tertiary/aromatic N) is 1. The van der Waals surface area contributed by atoms with Gasteiger partial charge in [0.05, 0.1) is 6.42 Å². The van der Waals surface area contributed by atoms with E-state index >= 15 is 0 Å². The van der Waals surface area contributed by atoms with Gasteiger partial charge in [0.1, 0.15) is 18.2 Å². The summed E-state index contributed by atoms with van der Waals surface area (Å²) < 4.78 is 10.9. The average Bonchev–Trinajstić information content (AvgIpc) is 3.36. The van der Waals surface area contributed by atoms with Gasteiger partial charge in [0, 0.05) is 18.8 Å². The number of ether oxygens (including phenoxy) is 2. The number of rotatable bonds is 8. The smallest absolute Gasteiger partial charge is 0.407 e. The summed E-state index contributed by atoms with van der Waals surface area (Å²) in [7, 11) is 0. The van der Waals surface area contributed by atoms with Crippen molar-refractivity contribution in [1.29, 1.82) is 0 Å². The Bertz CT molecular complexity index is 1200. The molecule has 0 radical (unpaired) electrons. The van der Waals surface area contributed by atoms with Gasteiger partial charge in [-0.25, -0.2) is 14.4 Å². The third-order valence-electron chi connectivity index (χ3n) is 6.16. The SMILES string of the molecule is CC(C)(C)OC(=O)[C@H](CCC(=O)ON1C(=O)CCC1=O)NC(=O)OCC1c2ccccc2-c2ccccc21. The fourth-order valence-electron chi connectivity index (χ4n) is 4.47. The fourth-order valence-corrected chi connectivity index (χ4v) is 4.47. The van der Waals surface area contributed by atoms with Gasteiger partial charge in [-0.05, 0) is 49.4 Å². The maximum atomic E-state index is 12.8. The Kier molecular flexibility index (Phi) is 7.80. The topological polar surface area (TPSA) is 128 Å². The molecule has 1 fully saturated rings. The van der Waals surface area contributed by atoms with E-state index in [9.17, 15) is 24.0 Å². The van der Waals surface area contributed by atoms with Crippen molar-refractivity contribution >= 4 is 29.8 Å².